The number of benzene rings is 1. The topological polar surface area (TPSA) is 52.6 Å². The van der Waals surface area contributed by atoms with E-state index in [4.69, 9.17) is 6.13 Å². The summed E-state index contributed by atoms with van der Waals surface area (Å²) in [5.74, 6) is -1.18. The molecule has 0 heterocycles. The Morgan fingerprint density at radius 1 is 1.00 bits per heavy atom. The number of halogens is 1. The average molecular weight is 388 g/mol. The monoisotopic (exact) mass is 388 g/mol. The minimum absolute atomic E-state index is 0.591. The second kappa shape index (κ2) is 7.23. The van der Waals surface area contributed by atoms with E-state index in [0.717, 1.165) is 32.4 Å². The third kappa shape index (κ3) is 4.19. The number of hydrogen-bond donors (Lipinski definition) is 0. The van der Waals surface area contributed by atoms with Crippen LogP contribution in [0, 0.1) is 24.3 Å². The third-order valence-corrected chi connectivity index (χ3v) is 6.61. The second-order valence-electron chi connectivity index (χ2n) is 4.13. The molecule has 0 amide bonds. The van der Waals surface area contributed by atoms with Gasteiger partial charge in [-0.05, 0) is 0 Å². The maximum atomic E-state index is 11.4. The van der Waals surface area contributed by atoms with Gasteiger partial charge in [0.05, 0.1) is 0 Å². The summed E-state index contributed by atoms with van der Waals surface area (Å²) in [6.45, 7) is 12.5. The molecule has 0 saturated heterocycles. The van der Waals surface area contributed by atoms with Gasteiger partial charge >= 0.3 is 127 Å². The van der Waals surface area contributed by atoms with E-state index in [2.05, 4.69) is 13.2 Å². The molecule has 0 N–H and O–H groups in total. The molecule has 0 radical (unpaired) electrons. The molecule has 0 aromatic heterocycles. The van der Waals surface area contributed by atoms with E-state index < -0.39 is 32.6 Å². The normalized spacial score (nSPS) is 10.4. The van der Waals surface area contributed by atoms with Crippen molar-refractivity contribution >= 4 is 32.6 Å². The Labute approximate surface area is 126 Å². The molecule has 20 heavy (non-hydrogen) atoms. The van der Waals surface area contributed by atoms with Crippen molar-refractivity contribution in [2.24, 2.45) is 0 Å². The van der Waals surface area contributed by atoms with Crippen LogP contribution in [0.2, 0.25) is 0 Å². The molecule has 5 heteroatoms. The van der Waals surface area contributed by atoms with Crippen molar-refractivity contribution in [3.63, 3.8) is 0 Å². The zero-order valence-electron chi connectivity index (χ0n) is 11.7. The molecule has 0 aliphatic carbocycles. The Hall–Kier alpha value is -1.63. The molecule has 0 spiro atoms. The first-order valence-electron chi connectivity index (χ1n) is 5.86. The summed E-state index contributed by atoms with van der Waals surface area (Å²) < 4.78 is 11.3. The molecule has 4 nitrogen and oxygen atoms in total. The van der Waals surface area contributed by atoms with Crippen molar-refractivity contribution < 1.29 is 15.7 Å². The number of rotatable bonds is 5. The van der Waals surface area contributed by atoms with Crippen LogP contribution in [0.15, 0.2) is 37.4 Å². The molecule has 0 unspecified atom stereocenters. The summed E-state index contributed by atoms with van der Waals surface area (Å²) in [5.41, 5.74) is 2.99. The van der Waals surface area contributed by atoms with Crippen LogP contribution >= 0.6 is 20.6 Å². The van der Waals surface area contributed by atoms with Gasteiger partial charge in [0.15, 0.2) is 0 Å². The number of hydrogen-bond acceptors (Lipinski definition) is 4. The van der Waals surface area contributed by atoms with E-state index >= 15 is 0 Å². The molecule has 0 aliphatic heterocycles. The summed E-state index contributed by atoms with van der Waals surface area (Å²) in [5, 5.41) is 0. The molecular weight excluding hydrogens is 371 g/mol. The van der Waals surface area contributed by atoms with Gasteiger partial charge in [0, 0.05) is 0 Å². The van der Waals surface area contributed by atoms with Gasteiger partial charge in [-0.3, -0.25) is 0 Å². The number of carbonyl (C=O) groups excluding carboxylic acids is 2. The zero-order chi connectivity index (χ0) is 15.3. The fraction of sp³-hybridized carbons (Fsp3) is 0.200. The molecule has 0 saturated carbocycles. The maximum absolute atomic E-state index is 11.4. The van der Waals surface area contributed by atoms with E-state index in [0.29, 0.717) is 0 Å². The molecule has 0 aliphatic rings. The van der Waals surface area contributed by atoms with Gasteiger partial charge in [0.1, 0.15) is 0 Å². The van der Waals surface area contributed by atoms with Gasteiger partial charge < -0.3 is 0 Å². The Morgan fingerprint density at radius 2 is 1.40 bits per heavy atom. The Bertz CT molecular complexity index is 518. The van der Waals surface area contributed by atoms with Crippen molar-refractivity contribution in [3.8, 4) is 0 Å². The van der Waals surface area contributed by atoms with Crippen molar-refractivity contribution in [1.29, 1.82) is 0 Å². The predicted octanol–water partition coefficient (Wildman–Crippen LogP) is 3.58. The minimum atomic E-state index is -2.89. The van der Waals surface area contributed by atoms with Crippen LogP contribution in [0.5, 0.6) is 0 Å². The Kier molecular flexibility index (Phi) is 5.94. The Balaban J connectivity index is 3.21. The fourth-order valence-corrected chi connectivity index (χ4v) is 5.08. The van der Waals surface area contributed by atoms with Gasteiger partial charge in [0.2, 0.25) is 0 Å². The molecule has 1 rings (SSSR count). The summed E-state index contributed by atoms with van der Waals surface area (Å²) in [7, 11) is 0. The number of carbonyl (C=O) groups is 2. The van der Waals surface area contributed by atoms with Crippen LogP contribution in [-0.2, 0) is 15.7 Å². The second-order valence-corrected chi connectivity index (χ2v) is 7.33. The summed E-state index contributed by atoms with van der Waals surface area (Å²) in [6, 6.07) is 3.94. The van der Waals surface area contributed by atoms with Gasteiger partial charge in [0.25, 0.3) is 0 Å². The third-order valence-electron chi connectivity index (χ3n) is 2.36. The molecule has 108 valence electrons. The van der Waals surface area contributed by atoms with Gasteiger partial charge in [-0.25, -0.2) is 0 Å². The van der Waals surface area contributed by atoms with Crippen molar-refractivity contribution in [2.45, 2.75) is 20.8 Å². The standard InChI is InChI=1S/C15H17IO4/c1-6-13(17)19-16(20-14(18)7-2)15-11(4)8-10(3)9-12(15)5/h6-9H,1-2H2,3-5H3. The summed E-state index contributed by atoms with van der Waals surface area (Å²) in [4.78, 5) is 22.9. The SMILES string of the molecule is C=CC(=O)OI(OC(=O)C=C)c1c(C)cc(C)cc1C. The fourth-order valence-electron chi connectivity index (χ4n) is 1.70. The molecule has 0 atom stereocenters. The average Bonchev–Trinajstić information content (AvgIpc) is 2.36. The van der Waals surface area contributed by atoms with Crippen molar-refractivity contribution in [2.75, 3.05) is 0 Å². The summed E-state index contributed by atoms with van der Waals surface area (Å²) in [6.07, 6.45) is 2.12. The molecule has 1 aromatic rings. The van der Waals surface area contributed by atoms with Crippen LogP contribution in [0.1, 0.15) is 16.7 Å². The van der Waals surface area contributed by atoms with Crippen LogP contribution in [0.3, 0.4) is 0 Å². The quantitative estimate of drug-likeness (QED) is 0.572. The first-order chi connectivity index (χ1) is 9.38. The first-order valence-corrected chi connectivity index (χ1v) is 8.70. The van der Waals surface area contributed by atoms with Crippen molar-refractivity contribution in [3.05, 3.63) is 57.7 Å². The number of aryl methyl sites for hydroxylation is 3. The van der Waals surface area contributed by atoms with E-state index in [-0.39, 0.29) is 0 Å². The van der Waals surface area contributed by atoms with E-state index in [1.54, 1.807) is 0 Å². The summed E-state index contributed by atoms with van der Waals surface area (Å²) >= 11 is -2.89. The first kappa shape index (κ1) is 16.4. The van der Waals surface area contributed by atoms with E-state index in [9.17, 15) is 9.59 Å². The van der Waals surface area contributed by atoms with E-state index in [1.165, 1.54) is 0 Å². The van der Waals surface area contributed by atoms with Gasteiger partial charge in [-0.1, -0.05) is 0 Å². The van der Waals surface area contributed by atoms with Crippen LogP contribution in [0.4, 0.5) is 0 Å². The molecular formula is C15H17IO4. The molecule has 0 bridgehead atoms. The van der Waals surface area contributed by atoms with Gasteiger partial charge in [-0.2, -0.15) is 0 Å². The van der Waals surface area contributed by atoms with Crippen LogP contribution in [0.25, 0.3) is 0 Å². The van der Waals surface area contributed by atoms with Gasteiger partial charge in [-0.15, -0.1) is 0 Å². The molecule has 0 fully saturated rings. The Morgan fingerprint density at radius 3 is 1.75 bits per heavy atom. The van der Waals surface area contributed by atoms with Crippen LogP contribution < -0.4 is 0 Å². The molecule has 1 aromatic carbocycles. The van der Waals surface area contributed by atoms with E-state index in [1.807, 2.05) is 32.9 Å². The van der Waals surface area contributed by atoms with Crippen LogP contribution in [-0.4, -0.2) is 11.9 Å². The zero-order valence-corrected chi connectivity index (χ0v) is 13.9. The van der Waals surface area contributed by atoms with Crippen molar-refractivity contribution in [1.82, 2.24) is 0 Å². The predicted molar refractivity (Wildman–Crippen MR) is 85.9 cm³/mol.